The molecule has 0 fully saturated rings. The van der Waals surface area contributed by atoms with Crippen LogP contribution in [-0.2, 0) is 10.0 Å². The van der Waals surface area contributed by atoms with Gasteiger partial charge < -0.3 is 5.32 Å². The Kier molecular flexibility index (Phi) is 5.83. The molecule has 0 saturated heterocycles. The number of para-hydroxylation sites is 1. The summed E-state index contributed by atoms with van der Waals surface area (Å²) in [5.41, 5.74) is 1.40. The molecule has 0 spiro atoms. The molecule has 0 saturated carbocycles. The lowest BCUT2D eigenvalue weighted by Gasteiger charge is -2.11. The van der Waals surface area contributed by atoms with Gasteiger partial charge in [-0.25, -0.2) is 8.42 Å². The van der Waals surface area contributed by atoms with Gasteiger partial charge in [0.15, 0.2) is 0 Å². The monoisotopic (exact) mass is 398 g/mol. The molecule has 0 unspecified atom stereocenters. The number of hydrogen-bond acceptors (Lipinski definition) is 4. The molecule has 0 heterocycles. The minimum absolute atomic E-state index is 0.312. The maximum Gasteiger partial charge on any atom is 0.255 e. The Morgan fingerprint density at radius 2 is 1.59 bits per heavy atom. The normalized spacial score (nSPS) is 11.0. The molecule has 0 aromatic heterocycles. The van der Waals surface area contributed by atoms with Crippen LogP contribution in [0.15, 0.2) is 88.7 Å². The van der Waals surface area contributed by atoms with Crippen molar-refractivity contribution in [1.29, 1.82) is 0 Å². The third kappa shape index (κ3) is 5.60. The molecular formula is C20H18N2O3S2. The van der Waals surface area contributed by atoms with Crippen molar-refractivity contribution in [2.24, 2.45) is 0 Å². The number of amides is 1. The van der Waals surface area contributed by atoms with Crippen LogP contribution in [0.25, 0.3) is 0 Å². The third-order valence-corrected chi connectivity index (χ3v) is 5.22. The van der Waals surface area contributed by atoms with Crippen LogP contribution in [0, 0.1) is 0 Å². The van der Waals surface area contributed by atoms with Gasteiger partial charge in [-0.3, -0.25) is 9.52 Å². The van der Waals surface area contributed by atoms with Crippen molar-refractivity contribution in [2.45, 2.75) is 9.79 Å². The van der Waals surface area contributed by atoms with E-state index in [9.17, 15) is 13.2 Å². The first kappa shape index (κ1) is 19.0. The van der Waals surface area contributed by atoms with E-state index in [1.807, 2.05) is 54.6 Å². The van der Waals surface area contributed by atoms with E-state index in [1.54, 1.807) is 30.0 Å². The fourth-order valence-electron chi connectivity index (χ4n) is 2.41. The van der Waals surface area contributed by atoms with Crippen LogP contribution in [0.2, 0.25) is 0 Å². The molecule has 3 aromatic carbocycles. The van der Waals surface area contributed by atoms with E-state index in [0.717, 1.165) is 16.0 Å². The van der Waals surface area contributed by atoms with E-state index < -0.39 is 10.0 Å². The van der Waals surface area contributed by atoms with Crippen molar-refractivity contribution in [1.82, 2.24) is 0 Å². The van der Waals surface area contributed by atoms with Crippen molar-refractivity contribution < 1.29 is 13.2 Å². The molecule has 0 aliphatic heterocycles. The van der Waals surface area contributed by atoms with E-state index in [-0.39, 0.29) is 5.91 Å². The Bertz CT molecular complexity index is 1050. The van der Waals surface area contributed by atoms with E-state index in [4.69, 9.17) is 0 Å². The molecule has 0 radical (unpaired) electrons. The predicted octanol–water partition coefficient (Wildman–Crippen LogP) is 4.46. The van der Waals surface area contributed by atoms with E-state index in [1.165, 1.54) is 6.07 Å². The van der Waals surface area contributed by atoms with Crippen LogP contribution >= 0.6 is 11.8 Å². The fraction of sp³-hybridized carbons (Fsp3) is 0.0500. The van der Waals surface area contributed by atoms with Gasteiger partial charge in [-0.2, -0.15) is 0 Å². The van der Waals surface area contributed by atoms with E-state index in [0.29, 0.717) is 16.9 Å². The minimum Gasteiger partial charge on any atom is -0.321 e. The molecule has 2 N–H and O–H groups in total. The van der Waals surface area contributed by atoms with Gasteiger partial charge >= 0.3 is 0 Å². The number of carbonyl (C=O) groups excluding carboxylic acids is 1. The SMILES string of the molecule is CS(=O)(=O)Nc1cccc(C(=O)Nc2ccccc2Sc2ccccc2)c1. The minimum atomic E-state index is -3.40. The average Bonchev–Trinajstić information content (AvgIpc) is 2.63. The Labute approximate surface area is 162 Å². The van der Waals surface area contributed by atoms with Crippen molar-refractivity contribution >= 4 is 39.1 Å². The molecular weight excluding hydrogens is 380 g/mol. The Morgan fingerprint density at radius 1 is 0.889 bits per heavy atom. The molecule has 0 aliphatic rings. The van der Waals surface area contributed by atoms with Gasteiger partial charge in [0, 0.05) is 21.0 Å². The van der Waals surface area contributed by atoms with Gasteiger partial charge in [0.05, 0.1) is 11.9 Å². The molecule has 0 aliphatic carbocycles. The zero-order chi connectivity index (χ0) is 19.3. The number of rotatable bonds is 6. The summed E-state index contributed by atoms with van der Waals surface area (Å²) in [7, 11) is -3.40. The molecule has 3 aromatic rings. The van der Waals surface area contributed by atoms with Crippen LogP contribution in [-0.4, -0.2) is 20.6 Å². The lowest BCUT2D eigenvalue weighted by atomic mass is 10.2. The summed E-state index contributed by atoms with van der Waals surface area (Å²) in [4.78, 5) is 14.6. The first-order valence-electron chi connectivity index (χ1n) is 8.12. The second-order valence-corrected chi connectivity index (χ2v) is 8.68. The predicted molar refractivity (Wildman–Crippen MR) is 110 cm³/mol. The van der Waals surface area contributed by atoms with Gasteiger partial charge in [-0.1, -0.05) is 48.2 Å². The molecule has 5 nitrogen and oxygen atoms in total. The van der Waals surface area contributed by atoms with Crippen LogP contribution in [0.3, 0.4) is 0 Å². The largest absolute Gasteiger partial charge is 0.321 e. The third-order valence-electron chi connectivity index (χ3n) is 3.53. The molecule has 3 rings (SSSR count). The topological polar surface area (TPSA) is 75.3 Å². The van der Waals surface area contributed by atoms with Crippen molar-refractivity contribution in [2.75, 3.05) is 16.3 Å². The highest BCUT2D eigenvalue weighted by Crippen LogP contribution is 2.33. The summed E-state index contributed by atoms with van der Waals surface area (Å²) in [6.07, 6.45) is 1.07. The number of anilines is 2. The second kappa shape index (κ2) is 8.28. The van der Waals surface area contributed by atoms with Crippen molar-refractivity contribution in [3.63, 3.8) is 0 Å². The fourth-order valence-corrected chi connectivity index (χ4v) is 3.88. The quantitative estimate of drug-likeness (QED) is 0.643. The van der Waals surface area contributed by atoms with Crippen LogP contribution < -0.4 is 10.0 Å². The van der Waals surface area contributed by atoms with E-state index >= 15 is 0 Å². The zero-order valence-electron chi connectivity index (χ0n) is 14.5. The van der Waals surface area contributed by atoms with Crippen molar-refractivity contribution in [3.8, 4) is 0 Å². The average molecular weight is 399 g/mol. The first-order valence-corrected chi connectivity index (χ1v) is 10.8. The first-order chi connectivity index (χ1) is 12.9. The number of hydrogen-bond donors (Lipinski definition) is 2. The number of nitrogens with one attached hydrogen (secondary N) is 2. The van der Waals surface area contributed by atoms with Gasteiger partial charge in [-0.15, -0.1) is 0 Å². The van der Waals surface area contributed by atoms with Crippen LogP contribution in [0.5, 0.6) is 0 Å². The van der Waals surface area contributed by atoms with Gasteiger partial charge in [0.1, 0.15) is 0 Å². The zero-order valence-corrected chi connectivity index (χ0v) is 16.2. The number of carbonyl (C=O) groups is 1. The standard InChI is InChI=1S/C20H18N2O3S2/c1-27(24,25)22-16-9-7-8-15(14-16)20(23)21-18-12-5-6-13-19(18)26-17-10-3-2-4-11-17/h2-14,22H,1H3,(H,21,23). The van der Waals surface area contributed by atoms with E-state index in [2.05, 4.69) is 10.0 Å². The molecule has 7 heteroatoms. The Morgan fingerprint density at radius 3 is 2.33 bits per heavy atom. The summed E-state index contributed by atoms with van der Waals surface area (Å²) in [5, 5.41) is 2.90. The Balaban J connectivity index is 1.80. The smallest absolute Gasteiger partial charge is 0.255 e. The van der Waals surface area contributed by atoms with Gasteiger partial charge in [0.2, 0.25) is 10.0 Å². The Hall–Kier alpha value is -2.77. The maximum absolute atomic E-state index is 12.6. The number of benzene rings is 3. The molecule has 138 valence electrons. The molecule has 0 atom stereocenters. The highest BCUT2D eigenvalue weighted by atomic mass is 32.2. The molecule has 1 amide bonds. The van der Waals surface area contributed by atoms with Crippen LogP contribution in [0.1, 0.15) is 10.4 Å². The summed E-state index contributed by atoms with van der Waals surface area (Å²) >= 11 is 1.56. The lowest BCUT2D eigenvalue weighted by Crippen LogP contribution is -2.14. The van der Waals surface area contributed by atoms with Crippen molar-refractivity contribution in [3.05, 3.63) is 84.4 Å². The summed E-state index contributed by atoms with van der Waals surface area (Å²) in [6, 6.07) is 23.8. The summed E-state index contributed by atoms with van der Waals surface area (Å²) < 4.78 is 25.1. The molecule has 27 heavy (non-hydrogen) atoms. The van der Waals surface area contributed by atoms with Gasteiger partial charge in [-0.05, 0) is 42.5 Å². The lowest BCUT2D eigenvalue weighted by molar-refractivity contribution is 0.102. The summed E-state index contributed by atoms with van der Waals surface area (Å²) in [5.74, 6) is -0.312. The molecule has 0 bridgehead atoms. The maximum atomic E-state index is 12.6. The van der Waals surface area contributed by atoms with Gasteiger partial charge in [0.25, 0.3) is 5.91 Å². The number of sulfonamides is 1. The highest BCUT2D eigenvalue weighted by molar-refractivity contribution is 7.99. The highest BCUT2D eigenvalue weighted by Gasteiger charge is 2.11. The summed E-state index contributed by atoms with van der Waals surface area (Å²) in [6.45, 7) is 0. The second-order valence-electron chi connectivity index (χ2n) is 5.82. The van der Waals surface area contributed by atoms with Crippen LogP contribution in [0.4, 0.5) is 11.4 Å².